The van der Waals surface area contributed by atoms with Crippen LogP contribution in [0.15, 0.2) is 54.6 Å². The van der Waals surface area contributed by atoms with Gasteiger partial charge in [0, 0.05) is 19.2 Å². The van der Waals surface area contributed by atoms with Crippen LogP contribution in [0.5, 0.6) is 0 Å². The molecule has 0 radical (unpaired) electrons. The summed E-state index contributed by atoms with van der Waals surface area (Å²) >= 11 is 0. The number of benzene rings is 2. The molecule has 2 nitrogen and oxygen atoms in total. The molecule has 2 heteroatoms. The van der Waals surface area contributed by atoms with Crippen molar-refractivity contribution < 1.29 is 4.74 Å². The van der Waals surface area contributed by atoms with E-state index < -0.39 is 0 Å². The summed E-state index contributed by atoms with van der Waals surface area (Å²) in [5.74, 6) is 0. The Labute approximate surface area is 102 Å². The van der Waals surface area contributed by atoms with Crippen molar-refractivity contribution in [3.05, 3.63) is 65.7 Å². The number of methoxy groups -OCH3 is 1. The predicted octanol–water partition coefficient (Wildman–Crippen LogP) is 3.20. The lowest BCUT2D eigenvalue weighted by Crippen LogP contribution is -2.06. The van der Waals surface area contributed by atoms with E-state index in [0.29, 0.717) is 0 Å². The van der Waals surface area contributed by atoms with Gasteiger partial charge in [0.25, 0.3) is 0 Å². The first kappa shape index (κ1) is 11.7. The van der Waals surface area contributed by atoms with Gasteiger partial charge < -0.3 is 10.5 Å². The first-order valence-corrected chi connectivity index (χ1v) is 5.72. The molecular formula is C15H17NO. The van der Waals surface area contributed by atoms with E-state index in [0.717, 1.165) is 17.7 Å². The molecule has 0 bridgehead atoms. The van der Waals surface area contributed by atoms with Crippen LogP contribution >= 0.6 is 0 Å². The van der Waals surface area contributed by atoms with E-state index in [4.69, 9.17) is 10.5 Å². The monoisotopic (exact) mass is 227 g/mol. The highest BCUT2D eigenvalue weighted by Crippen LogP contribution is 2.24. The summed E-state index contributed by atoms with van der Waals surface area (Å²) in [4.78, 5) is 0. The zero-order valence-corrected chi connectivity index (χ0v) is 9.97. The quantitative estimate of drug-likeness (QED) is 0.814. The number of nitrogens with two attached hydrogens (primary N) is 1. The van der Waals surface area contributed by atoms with Crippen molar-refractivity contribution in [3.8, 4) is 0 Å². The smallest absolute Gasteiger partial charge is 0.0862 e. The van der Waals surface area contributed by atoms with Crippen molar-refractivity contribution >= 4 is 5.69 Å². The van der Waals surface area contributed by atoms with Gasteiger partial charge in [0.05, 0.1) is 6.10 Å². The van der Waals surface area contributed by atoms with E-state index in [9.17, 15) is 0 Å². The van der Waals surface area contributed by atoms with Gasteiger partial charge in [0.15, 0.2) is 0 Å². The topological polar surface area (TPSA) is 35.2 Å². The number of para-hydroxylation sites is 1. The molecule has 0 heterocycles. The SMILES string of the molecule is COC(Cc1ccccc1N)c1ccccc1. The first-order chi connectivity index (χ1) is 8.31. The summed E-state index contributed by atoms with van der Waals surface area (Å²) in [5, 5.41) is 0. The van der Waals surface area contributed by atoms with E-state index in [2.05, 4.69) is 12.1 Å². The van der Waals surface area contributed by atoms with E-state index in [1.54, 1.807) is 7.11 Å². The Morgan fingerprint density at radius 1 is 1.00 bits per heavy atom. The Bertz CT molecular complexity index is 467. The molecule has 0 aliphatic heterocycles. The maximum Gasteiger partial charge on any atom is 0.0862 e. The maximum absolute atomic E-state index is 5.95. The minimum atomic E-state index is 0.0564. The number of rotatable bonds is 4. The van der Waals surface area contributed by atoms with Crippen LogP contribution in [0.1, 0.15) is 17.2 Å². The Morgan fingerprint density at radius 3 is 2.29 bits per heavy atom. The standard InChI is InChI=1S/C15H17NO/c1-17-15(12-7-3-2-4-8-12)11-13-9-5-6-10-14(13)16/h2-10,15H,11,16H2,1H3. The van der Waals surface area contributed by atoms with E-state index in [1.807, 2.05) is 42.5 Å². The lowest BCUT2D eigenvalue weighted by Gasteiger charge is -2.16. The molecular weight excluding hydrogens is 210 g/mol. The largest absolute Gasteiger partial charge is 0.399 e. The van der Waals surface area contributed by atoms with Crippen LogP contribution in [0.2, 0.25) is 0 Å². The number of hydrogen-bond donors (Lipinski definition) is 1. The van der Waals surface area contributed by atoms with Crippen molar-refractivity contribution in [2.45, 2.75) is 12.5 Å². The fourth-order valence-electron chi connectivity index (χ4n) is 1.92. The molecule has 2 rings (SSSR count). The van der Waals surface area contributed by atoms with Crippen LogP contribution in [-0.4, -0.2) is 7.11 Å². The van der Waals surface area contributed by atoms with Crippen molar-refractivity contribution in [1.82, 2.24) is 0 Å². The van der Waals surface area contributed by atoms with Gasteiger partial charge in [-0.3, -0.25) is 0 Å². The van der Waals surface area contributed by atoms with Crippen molar-refractivity contribution in [3.63, 3.8) is 0 Å². The lowest BCUT2D eigenvalue weighted by molar-refractivity contribution is 0.104. The summed E-state index contributed by atoms with van der Waals surface area (Å²) < 4.78 is 5.54. The van der Waals surface area contributed by atoms with E-state index >= 15 is 0 Å². The Morgan fingerprint density at radius 2 is 1.65 bits per heavy atom. The lowest BCUT2D eigenvalue weighted by atomic mass is 10.0. The molecule has 0 fully saturated rings. The second kappa shape index (κ2) is 5.51. The fraction of sp³-hybridized carbons (Fsp3) is 0.200. The van der Waals surface area contributed by atoms with Crippen LogP contribution in [0, 0.1) is 0 Å². The van der Waals surface area contributed by atoms with Crippen LogP contribution in [-0.2, 0) is 11.2 Å². The molecule has 0 aliphatic rings. The molecule has 0 aromatic heterocycles. The number of hydrogen-bond acceptors (Lipinski definition) is 2. The molecule has 0 aliphatic carbocycles. The average Bonchev–Trinajstić information content (AvgIpc) is 2.39. The normalized spacial score (nSPS) is 12.3. The summed E-state index contributed by atoms with van der Waals surface area (Å²) in [7, 11) is 1.73. The van der Waals surface area contributed by atoms with Gasteiger partial charge >= 0.3 is 0 Å². The van der Waals surface area contributed by atoms with E-state index in [1.165, 1.54) is 5.56 Å². The third kappa shape index (κ3) is 2.86. The Hall–Kier alpha value is -1.80. The van der Waals surface area contributed by atoms with Gasteiger partial charge in [0.1, 0.15) is 0 Å². The van der Waals surface area contributed by atoms with Crippen LogP contribution in [0.3, 0.4) is 0 Å². The highest BCUT2D eigenvalue weighted by Gasteiger charge is 2.12. The molecule has 17 heavy (non-hydrogen) atoms. The maximum atomic E-state index is 5.95. The predicted molar refractivity (Wildman–Crippen MR) is 70.8 cm³/mol. The van der Waals surface area contributed by atoms with E-state index in [-0.39, 0.29) is 6.10 Å². The zero-order chi connectivity index (χ0) is 12.1. The number of anilines is 1. The number of ether oxygens (including phenoxy) is 1. The van der Waals surface area contributed by atoms with Gasteiger partial charge in [-0.2, -0.15) is 0 Å². The minimum Gasteiger partial charge on any atom is -0.399 e. The fourth-order valence-corrected chi connectivity index (χ4v) is 1.92. The summed E-state index contributed by atoms with van der Waals surface area (Å²) in [6.07, 6.45) is 0.855. The molecule has 2 aromatic rings. The molecule has 1 unspecified atom stereocenters. The molecule has 1 atom stereocenters. The average molecular weight is 227 g/mol. The molecule has 2 aromatic carbocycles. The van der Waals surface area contributed by atoms with Gasteiger partial charge in [-0.1, -0.05) is 48.5 Å². The molecule has 88 valence electrons. The molecule has 0 amide bonds. The molecule has 0 saturated heterocycles. The van der Waals surface area contributed by atoms with Crippen LogP contribution in [0.4, 0.5) is 5.69 Å². The van der Waals surface area contributed by atoms with Gasteiger partial charge in [0.2, 0.25) is 0 Å². The highest BCUT2D eigenvalue weighted by molar-refractivity contribution is 5.47. The Kier molecular flexibility index (Phi) is 3.78. The van der Waals surface area contributed by atoms with Crippen LogP contribution in [0.25, 0.3) is 0 Å². The number of nitrogen functional groups attached to an aromatic ring is 1. The molecule has 0 saturated carbocycles. The van der Waals surface area contributed by atoms with Crippen molar-refractivity contribution in [2.75, 3.05) is 12.8 Å². The minimum absolute atomic E-state index is 0.0564. The molecule has 2 N–H and O–H groups in total. The second-order valence-corrected chi connectivity index (χ2v) is 4.04. The second-order valence-electron chi connectivity index (χ2n) is 4.04. The van der Waals surface area contributed by atoms with Gasteiger partial charge in [-0.25, -0.2) is 0 Å². The third-order valence-electron chi connectivity index (χ3n) is 2.92. The van der Waals surface area contributed by atoms with Crippen molar-refractivity contribution in [1.29, 1.82) is 0 Å². The summed E-state index contributed by atoms with van der Waals surface area (Å²) in [6, 6.07) is 18.1. The summed E-state index contributed by atoms with van der Waals surface area (Å²) in [5.41, 5.74) is 9.08. The van der Waals surface area contributed by atoms with Gasteiger partial charge in [-0.15, -0.1) is 0 Å². The third-order valence-corrected chi connectivity index (χ3v) is 2.92. The Balaban J connectivity index is 2.19. The van der Waals surface area contributed by atoms with Crippen molar-refractivity contribution in [2.24, 2.45) is 0 Å². The first-order valence-electron chi connectivity index (χ1n) is 5.72. The summed E-state index contributed by atoms with van der Waals surface area (Å²) in [6.45, 7) is 0. The molecule has 0 spiro atoms. The highest BCUT2D eigenvalue weighted by atomic mass is 16.5. The van der Waals surface area contributed by atoms with Crippen LogP contribution < -0.4 is 5.73 Å². The van der Waals surface area contributed by atoms with Gasteiger partial charge in [-0.05, 0) is 17.2 Å². The zero-order valence-electron chi connectivity index (χ0n) is 9.97.